The quantitative estimate of drug-likeness (QED) is 0.313. The van der Waals surface area contributed by atoms with Gasteiger partial charge in [-0.1, -0.05) is 0 Å². The summed E-state index contributed by atoms with van der Waals surface area (Å²) in [7, 11) is 5.01. The molecule has 0 aliphatic carbocycles. The normalized spacial score (nSPS) is 18.1. The first-order valence-corrected chi connectivity index (χ1v) is 9.79. The van der Waals surface area contributed by atoms with Crippen molar-refractivity contribution < 1.29 is 24.2 Å². The van der Waals surface area contributed by atoms with E-state index < -0.39 is 23.7 Å². The molecule has 0 spiro atoms. The highest BCUT2D eigenvalue weighted by Crippen LogP contribution is 2.40. The first kappa shape index (κ1) is 22.2. The number of methoxy groups -OCH3 is 1. The summed E-state index contributed by atoms with van der Waals surface area (Å²) in [5, 5.41) is 11.2. The second-order valence-corrected chi connectivity index (χ2v) is 7.69. The van der Waals surface area contributed by atoms with Crippen molar-refractivity contribution in [3.63, 3.8) is 0 Å². The SMILES string of the molecule is COC(=O)c1[nH]c(C)c(/C(O)=C2/C(=O)C(=O)N(CCN(C)C)C2c2ccncc2)c1C. The van der Waals surface area contributed by atoms with Gasteiger partial charge in [-0.15, -0.1) is 0 Å². The number of hydrogen-bond donors (Lipinski definition) is 2. The van der Waals surface area contributed by atoms with E-state index in [9.17, 15) is 19.5 Å². The van der Waals surface area contributed by atoms with Crippen LogP contribution in [0, 0.1) is 13.8 Å². The Hall–Kier alpha value is -3.46. The Bertz CT molecular complexity index is 1060. The molecule has 1 fully saturated rings. The van der Waals surface area contributed by atoms with Crippen molar-refractivity contribution in [3.05, 3.63) is 58.2 Å². The van der Waals surface area contributed by atoms with Gasteiger partial charge in [0.2, 0.25) is 0 Å². The Morgan fingerprint density at radius 2 is 1.90 bits per heavy atom. The van der Waals surface area contributed by atoms with E-state index in [0.717, 1.165) is 0 Å². The van der Waals surface area contributed by atoms with Crippen LogP contribution in [0.2, 0.25) is 0 Å². The summed E-state index contributed by atoms with van der Waals surface area (Å²) < 4.78 is 4.78. The van der Waals surface area contributed by atoms with Crippen molar-refractivity contribution in [1.29, 1.82) is 0 Å². The van der Waals surface area contributed by atoms with Gasteiger partial charge in [-0.25, -0.2) is 4.79 Å². The molecule has 1 aliphatic rings. The van der Waals surface area contributed by atoms with Gasteiger partial charge in [0.15, 0.2) is 0 Å². The topological polar surface area (TPSA) is 116 Å². The average molecular weight is 426 g/mol. The largest absolute Gasteiger partial charge is 0.507 e. The number of nitrogens with one attached hydrogen (secondary N) is 1. The minimum Gasteiger partial charge on any atom is -0.507 e. The Kier molecular flexibility index (Phi) is 6.26. The fourth-order valence-electron chi connectivity index (χ4n) is 3.86. The van der Waals surface area contributed by atoms with Gasteiger partial charge in [0, 0.05) is 36.7 Å². The van der Waals surface area contributed by atoms with Gasteiger partial charge < -0.3 is 24.6 Å². The van der Waals surface area contributed by atoms with Crippen LogP contribution in [0.15, 0.2) is 30.1 Å². The number of carbonyl (C=O) groups is 3. The maximum absolute atomic E-state index is 13.0. The molecule has 1 aliphatic heterocycles. The van der Waals surface area contributed by atoms with Crippen molar-refractivity contribution in [2.45, 2.75) is 19.9 Å². The number of aryl methyl sites for hydroxylation is 1. The molecule has 0 saturated carbocycles. The first-order chi connectivity index (χ1) is 14.7. The average Bonchev–Trinajstić information content (AvgIpc) is 3.18. The lowest BCUT2D eigenvalue weighted by Gasteiger charge is -2.26. The molecule has 1 unspecified atom stereocenters. The number of aromatic nitrogens is 2. The molecule has 31 heavy (non-hydrogen) atoms. The second kappa shape index (κ2) is 8.73. The van der Waals surface area contributed by atoms with Crippen LogP contribution in [0.4, 0.5) is 0 Å². The number of aliphatic hydroxyl groups is 1. The number of pyridine rings is 1. The minimum atomic E-state index is -0.766. The van der Waals surface area contributed by atoms with Gasteiger partial charge in [-0.05, 0) is 51.2 Å². The number of likely N-dealkylation sites (tertiary alicyclic amines) is 1. The first-order valence-electron chi connectivity index (χ1n) is 9.79. The van der Waals surface area contributed by atoms with Crippen LogP contribution in [0.5, 0.6) is 0 Å². The van der Waals surface area contributed by atoms with Crippen molar-refractivity contribution in [3.8, 4) is 0 Å². The molecule has 3 heterocycles. The number of ether oxygens (including phenoxy) is 1. The molecular formula is C22H26N4O5. The standard InChI is InChI=1S/C22H26N4O5/c1-12-15(13(2)24-17(12)22(30)31-5)19(27)16-18(14-6-8-23-9-7-14)26(11-10-25(3)4)21(29)20(16)28/h6-9,18,24,27H,10-11H2,1-5H3/b19-16-. The van der Waals surface area contributed by atoms with E-state index in [1.807, 2.05) is 19.0 Å². The van der Waals surface area contributed by atoms with Crippen LogP contribution in [-0.2, 0) is 14.3 Å². The molecule has 2 aromatic heterocycles. The van der Waals surface area contributed by atoms with E-state index in [2.05, 4.69) is 9.97 Å². The number of hydrogen-bond acceptors (Lipinski definition) is 7. The molecule has 2 aromatic rings. The van der Waals surface area contributed by atoms with Gasteiger partial charge in [-0.2, -0.15) is 0 Å². The number of aliphatic hydroxyl groups excluding tert-OH is 1. The Labute approximate surface area is 180 Å². The Morgan fingerprint density at radius 1 is 1.26 bits per heavy atom. The predicted octanol–water partition coefficient (Wildman–Crippen LogP) is 1.80. The van der Waals surface area contributed by atoms with Gasteiger partial charge in [0.25, 0.3) is 11.7 Å². The molecule has 1 amide bonds. The number of ketones is 1. The molecule has 3 rings (SSSR count). The van der Waals surface area contributed by atoms with E-state index in [-0.39, 0.29) is 17.0 Å². The lowest BCUT2D eigenvalue weighted by molar-refractivity contribution is -0.140. The molecule has 0 aromatic carbocycles. The summed E-state index contributed by atoms with van der Waals surface area (Å²) in [5.74, 6) is -2.35. The number of likely N-dealkylation sites (N-methyl/N-ethyl adjacent to an activating group) is 1. The van der Waals surface area contributed by atoms with Gasteiger partial charge in [-0.3, -0.25) is 14.6 Å². The highest BCUT2D eigenvalue weighted by atomic mass is 16.5. The van der Waals surface area contributed by atoms with E-state index in [0.29, 0.717) is 35.5 Å². The summed E-state index contributed by atoms with van der Waals surface area (Å²) in [5.41, 5.74) is 2.07. The van der Waals surface area contributed by atoms with Crippen LogP contribution >= 0.6 is 0 Å². The number of H-pyrrole nitrogens is 1. The Balaban J connectivity index is 2.20. The number of amides is 1. The maximum atomic E-state index is 13.0. The zero-order valence-electron chi connectivity index (χ0n) is 18.2. The number of rotatable bonds is 6. The van der Waals surface area contributed by atoms with Crippen LogP contribution in [-0.4, -0.2) is 76.8 Å². The van der Waals surface area contributed by atoms with E-state index in [4.69, 9.17) is 4.74 Å². The van der Waals surface area contributed by atoms with Crippen molar-refractivity contribution in [1.82, 2.24) is 19.8 Å². The zero-order valence-corrected chi connectivity index (χ0v) is 18.2. The summed E-state index contributed by atoms with van der Waals surface area (Å²) in [6, 6.07) is 2.66. The van der Waals surface area contributed by atoms with Crippen molar-refractivity contribution >= 4 is 23.4 Å². The number of aromatic amines is 1. The second-order valence-electron chi connectivity index (χ2n) is 7.69. The van der Waals surface area contributed by atoms with Crippen molar-refractivity contribution in [2.24, 2.45) is 0 Å². The lowest BCUT2D eigenvalue weighted by atomic mass is 9.94. The van der Waals surface area contributed by atoms with E-state index in [1.54, 1.807) is 38.4 Å². The van der Waals surface area contributed by atoms with Crippen LogP contribution in [0.25, 0.3) is 5.76 Å². The number of Topliss-reactive ketones (excluding diaryl/α,β-unsaturated/α-hetero) is 1. The molecule has 2 N–H and O–H groups in total. The molecule has 0 radical (unpaired) electrons. The Morgan fingerprint density at radius 3 is 2.48 bits per heavy atom. The molecule has 9 heteroatoms. The fourth-order valence-corrected chi connectivity index (χ4v) is 3.86. The predicted molar refractivity (Wildman–Crippen MR) is 113 cm³/mol. The van der Waals surface area contributed by atoms with Crippen molar-refractivity contribution in [2.75, 3.05) is 34.3 Å². The zero-order chi connectivity index (χ0) is 22.9. The van der Waals surface area contributed by atoms with E-state index >= 15 is 0 Å². The van der Waals surface area contributed by atoms with Gasteiger partial charge in [0.1, 0.15) is 11.5 Å². The highest BCUT2D eigenvalue weighted by Gasteiger charge is 2.46. The number of carbonyl (C=O) groups excluding carboxylic acids is 3. The third-order valence-corrected chi connectivity index (χ3v) is 5.41. The molecule has 164 valence electrons. The molecule has 1 saturated heterocycles. The lowest BCUT2D eigenvalue weighted by Crippen LogP contribution is -2.35. The summed E-state index contributed by atoms with van der Waals surface area (Å²) in [6.45, 7) is 4.18. The third kappa shape index (κ3) is 3.96. The maximum Gasteiger partial charge on any atom is 0.354 e. The third-order valence-electron chi connectivity index (χ3n) is 5.41. The van der Waals surface area contributed by atoms with Crippen LogP contribution in [0.1, 0.15) is 38.9 Å². The van der Waals surface area contributed by atoms with Crippen LogP contribution < -0.4 is 0 Å². The fraction of sp³-hybridized carbons (Fsp3) is 0.364. The summed E-state index contributed by atoms with van der Waals surface area (Å²) in [4.78, 5) is 48.3. The summed E-state index contributed by atoms with van der Waals surface area (Å²) in [6.07, 6.45) is 3.15. The van der Waals surface area contributed by atoms with Crippen LogP contribution in [0.3, 0.4) is 0 Å². The molecule has 1 atom stereocenters. The number of nitrogens with zero attached hydrogens (tertiary/aromatic N) is 3. The highest BCUT2D eigenvalue weighted by molar-refractivity contribution is 6.46. The molecule has 0 bridgehead atoms. The molecule has 9 nitrogen and oxygen atoms in total. The van der Waals surface area contributed by atoms with E-state index in [1.165, 1.54) is 12.0 Å². The molecular weight excluding hydrogens is 400 g/mol. The smallest absolute Gasteiger partial charge is 0.354 e. The minimum absolute atomic E-state index is 0.0171. The summed E-state index contributed by atoms with van der Waals surface area (Å²) >= 11 is 0. The number of esters is 1. The van der Waals surface area contributed by atoms with Gasteiger partial charge in [0.05, 0.1) is 18.7 Å². The monoisotopic (exact) mass is 426 g/mol. The van der Waals surface area contributed by atoms with Gasteiger partial charge >= 0.3 is 5.97 Å².